The van der Waals surface area contributed by atoms with Crippen LogP contribution < -0.4 is 0 Å². The van der Waals surface area contributed by atoms with Crippen molar-refractivity contribution in [3.8, 4) is 0 Å². The van der Waals surface area contributed by atoms with Crippen molar-refractivity contribution in [1.29, 1.82) is 5.41 Å². The van der Waals surface area contributed by atoms with Crippen molar-refractivity contribution < 1.29 is 9.66 Å². The molecule has 1 rings (SSSR count). The summed E-state index contributed by atoms with van der Waals surface area (Å²) in [5.41, 5.74) is 0.382. The molecule has 0 aromatic heterocycles. The summed E-state index contributed by atoms with van der Waals surface area (Å²) in [6, 6.07) is 5.83. The van der Waals surface area contributed by atoms with Crippen LogP contribution in [0.25, 0.3) is 0 Å². The molecule has 0 heterocycles. The van der Waals surface area contributed by atoms with Crippen molar-refractivity contribution in [3.05, 3.63) is 39.9 Å². The molecule has 0 bridgehead atoms. The maximum Gasteiger partial charge on any atom is 0.270 e. The molecule has 74 valence electrons. The number of rotatable bonds is 3. The number of nitrogens with zero attached hydrogens (tertiary/aromatic N) is 1. The van der Waals surface area contributed by atoms with Gasteiger partial charge in [0, 0.05) is 17.7 Å². The van der Waals surface area contributed by atoms with Crippen molar-refractivity contribution in [2.24, 2.45) is 0 Å². The zero-order valence-electron chi connectivity index (χ0n) is 7.69. The highest BCUT2D eigenvalue weighted by Gasteiger charge is 2.08. The second kappa shape index (κ2) is 4.36. The molecule has 0 atom stereocenters. The normalized spacial score (nSPS) is 9.50. The third-order valence-electron chi connectivity index (χ3n) is 1.61. The first kappa shape index (κ1) is 10.2. The molecule has 0 saturated carbocycles. The lowest BCUT2D eigenvalue weighted by molar-refractivity contribution is -0.384. The summed E-state index contributed by atoms with van der Waals surface area (Å²) in [6.45, 7) is 2.13. The molecule has 0 radical (unpaired) electrons. The fraction of sp³-hybridized carbons (Fsp3) is 0.222. The molecule has 1 N–H and O–H groups in total. The van der Waals surface area contributed by atoms with Crippen LogP contribution in [0, 0.1) is 15.5 Å². The summed E-state index contributed by atoms with van der Waals surface area (Å²) >= 11 is 0. The molecule has 0 saturated heterocycles. The lowest BCUT2D eigenvalue weighted by Crippen LogP contribution is -2.04. The van der Waals surface area contributed by atoms with Crippen molar-refractivity contribution in [2.45, 2.75) is 6.92 Å². The second-order valence-corrected chi connectivity index (χ2v) is 2.57. The Kier molecular flexibility index (Phi) is 3.17. The van der Waals surface area contributed by atoms with Gasteiger partial charge in [-0.2, -0.15) is 0 Å². The van der Waals surface area contributed by atoms with E-state index in [1.165, 1.54) is 18.2 Å². The van der Waals surface area contributed by atoms with Crippen LogP contribution in [-0.4, -0.2) is 17.4 Å². The van der Waals surface area contributed by atoms with E-state index in [1.807, 2.05) is 0 Å². The minimum atomic E-state index is -0.497. The smallest absolute Gasteiger partial charge is 0.270 e. The molecule has 0 aliphatic carbocycles. The van der Waals surface area contributed by atoms with Crippen LogP contribution in [0.5, 0.6) is 0 Å². The van der Waals surface area contributed by atoms with Crippen molar-refractivity contribution in [1.82, 2.24) is 0 Å². The maximum atomic E-state index is 10.4. The lowest BCUT2D eigenvalue weighted by Gasteiger charge is -2.03. The van der Waals surface area contributed by atoms with Gasteiger partial charge in [-0.15, -0.1) is 0 Å². The molecule has 14 heavy (non-hydrogen) atoms. The van der Waals surface area contributed by atoms with Gasteiger partial charge in [-0.05, 0) is 13.0 Å². The quantitative estimate of drug-likeness (QED) is 0.346. The largest absolute Gasteiger partial charge is 0.478 e. The predicted octanol–water partition coefficient (Wildman–Crippen LogP) is 1.96. The average Bonchev–Trinajstić information content (AvgIpc) is 2.18. The van der Waals surface area contributed by atoms with E-state index in [0.29, 0.717) is 12.2 Å². The Morgan fingerprint density at radius 2 is 2.36 bits per heavy atom. The summed E-state index contributed by atoms with van der Waals surface area (Å²) in [5.74, 6) is -0.0452. The molecule has 5 nitrogen and oxygen atoms in total. The Balaban J connectivity index is 2.93. The average molecular weight is 194 g/mol. The van der Waals surface area contributed by atoms with Crippen LogP contribution in [0.1, 0.15) is 12.5 Å². The standard InChI is InChI=1S/C9H10N2O3/c1-2-14-9(10)7-4-3-5-8(6-7)11(12)13/h3-6,10H,2H2,1H3. The second-order valence-electron chi connectivity index (χ2n) is 2.57. The topological polar surface area (TPSA) is 76.2 Å². The Labute approximate surface area is 81.0 Å². The molecule has 0 spiro atoms. The van der Waals surface area contributed by atoms with Gasteiger partial charge >= 0.3 is 0 Å². The van der Waals surface area contributed by atoms with Gasteiger partial charge in [0.05, 0.1) is 11.5 Å². The van der Waals surface area contributed by atoms with E-state index >= 15 is 0 Å². The molecule has 0 amide bonds. The summed E-state index contributed by atoms with van der Waals surface area (Å²) < 4.78 is 4.92. The molecule has 5 heteroatoms. The predicted molar refractivity (Wildman–Crippen MR) is 51.6 cm³/mol. The van der Waals surface area contributed by atoms with Crippen molar-refractivity contribution in [2.75, 3.05) is 6.61 Å². The number of non-ortho nitro benzene ring substituents is 1. The number of ether oxygens (including phenoxy) is 1. The number of nitro benzene ring substituents is 1. The van der Waals surface area contributed by atoms with Crippen LogP contribution in [0.15, 0.2) is 24.3 Å². The molecule has 1 aromatic carbocycles. The van der Waals surface area contributed by atoms with E-state index in [0.717, 1.165) is 0 Å². The van der Waals surface area contributed by atoms with Crippen LogP contribution in [0.3, 0.4) is 0 Å². The fourth-order valence-electron chi connectivity index (χ4n) is 0.988. The van der Waals surface area contributed by atoms with Gasteiger partial charge < -0.3 is 4.74 Å². The van der Waals surface area contributed by atoms with Crippen LogP contribution >= 0.6 is 0 Å². The number of benzene rings is 1. The highest BCUT2D eigenvalue weighted by molar-refractivity contribution is 5.92. The zero-order chi connectivity index (χ0) is 10.6. The molecule has 0 unspecified atom stereocenters. The SMILES string of the molecule is CCOC(=N)c1cccc([N+](=O)[O-])c1. The molecule has 0 aliphatic rings. The summed E-state index contributed by atoms with van der Waals surface area (Å²) in [5, 5.41) is 17.9. The summed E-state index contributed by atoms with van der Waals surface area (Å²) in [4.78, 5) is 9.93. The van der Waals surface area contributed by atoms with Crippen LogP contribution in [0.4, 0.5) is 5.69 Å². The van der Waals surface area contributed by atoms with Gasteiger partial charge in [0.1, 0.15) is 0 Å². The van der Waals surface area contributed by atoms with Gasteiger partial charge in [-0.25, -0.2) is 0 Å². The molecule has 1 aromatic rings. The monoisotopic (exact) mass is 194 g/mol. The zero-order valence-corrected chi connectivity index (χ0v) is 7.69. The first-order valence-electron chi connectivity index (χ1n) is 4.11. The first-order chi connectivity index (χ1) is 6.65. The third kappa shape index (κ3) is 2.29. The first-order valence-corrected chi connectivity index (χ1v) is 4.11. The van der Waals surface area contributed by atoms with Gasteiger partial charge in [0.2, 0.25) is 5.90 Å². The Morgan fingerprint density at radius 1 is 1.64 bits per heavy atom. The fourth-order valence-corrected chi connectivity index (χ4v) is 0.988. The van der Waals surface area contributed by atoms with Gasteiger partial charge in [0.15, 0.2) is 0 Å². The summed E-state index contributed by atoms with van der Waals surface area (Å²) in [7, 11) is 0. The van der Waals surface area contributed by atoms with E-state index in [-0.39, 0.29) is 11.6 Å². The highest BCUT2D eigenvalue weighted by Crippen LogP contribution is 2.13. The summed E-state index contributed by atoms with van der Waals surface area (Å²) in [6.07, 6.45) is 0. The van der Waals surface area contributed by atoms with E-state index < -0.39 is 4.92 Å². The van der Waals surface area contributed by atoms with Gasteiger partial charge in [0.25, 0.3) is 5.69 Å². The lowest BCUT2D eigenvalue weighted by atomic mass is 10.2. The van der Waals surface area contributed by atoms with E-state index in [1.54, 1.807) is 13.0 Å². The van der Waals surface area contributed by atoms with Gasteiger partial charge in [-0.3, -0.25) is 15.5 Å². The van der Waals surface area contributed by atoms with Crippen LogP contribution in [-0.2, 0) is 4.74 Å². The maximum absolute atomic E-state index is 10.4. The van der Waals surface area contributed by atoms with Crippen LogP contribution in [0.2, 0.25) is 0 Å². The van der Waals surface area contributed by atoms with E-state index in [9.17, 15) is 10.1 Å². The van der Waals surface area contributed by atoms with Gasteiger partial charge in [-0.1, -0.05) is 6.07 Å². The number of nitro groups is 1. The third-order valence-corrected chi connectivity index (χ3v) is 1.61. The number of hydrogen-bond acceptors (Lipinski definition) is 4. The number of hydrogen-bond donors (Lipinski definition) is 1. The Bertz CT molecular complexity index is 363. The molecular formula is C9H10N2O3. The van der Waals surface area contributed by atoms with Crippen molar-refractivity contribution >= 4 is 11.6 Å². The molecule has 0 aliphatic heterocycles. The van der Waals surface area contributed by atoms with Crippen molar-refractivity contribution in [3.63, 3.8) is 0 Å². The van der Waals surface area contributed by atoms with E-state index in [4.69, 9.17) is 10.1 Å². The molecular weight excluding hydrogens is 184 g/mol. The Morgan fingerprint density at radius 3 is 2.93 bits per heavy atom. The Hall–Kier alpha value is -1.91. The molecule has 0 fully saturated rings. The number of nitrogens with one attached hydrogen (secondary N) is 1. The minimum Gasteiger partial charge on any atom is -0.478 e. The van der Waals surface area contributed by atoms with E-state index in [2.05, 4.69) is 0 Å². The minimum absolute atomic E-state index is 0.0352. The highest BCUT2D eigenvalue weighted by atomic mass is 16.6.